The fourth-order valence-electron chi connectivity index (χ4n) is 8.55. The third-order valence-corrected chi connectivity index (χ3v) is 12.2. The van der Waals surface area contributed by atoms with E-state index in [-0.39, 0.29) is 60.8 Å². The molecule has 13 nitrogen and oxygen atoms in total. The van der Waals surface area contributed by atoms with Crippen LogP contribution in [0.15, 0.2) is 72.9 Å². The second-order valence-electron chi connectivity index (χ2n) is 15.8. The van der Waals surface area contributed by atoms with Crippen molar-refractivity contribution in [2.24, 2.45) is 0 Å². The van der Waals surface area contributed by atoms with Gasteiger partial charge in [0.15, 0.2) is 6.10 Å². The average Bonchev–Trinajstić information content (AvgIpc) is 3.66. The summed E-state index contributed by atoms with van der Waals surface area (Å²) in [6.07, 6.45) is -1.37. The van der Waals surface area contributed by atoms with Crippen molar-refractivity contribution in [2.45, 2.75) is 63.3 Å². The number of nitrogens with zero attached hydrogens (tertiary/aromatic N) is 5. The van der Waals surface area contributed by atoms with E-state index in [1.807, 2.05) is 41.3 Å². The molecule has 0 spiro atoms. The summed E-state index contributed by atoms with van der Waals surface area (Å²) in [6.45, 7) is 2.06. The molecule has 1 aromatic heterocycles. The number of amides is 4. The van der Waals surface area contributed by atoms with Crippen LogP contribution in [0.25, 0.3) is 0 Å². The van der Waals surface area contributed by atoms with Gasteiger partial charge in [-0.2, -0.15) is 13.2 Å². The minimum Gasteiger partial charge on any atom is -0.436 e. The predicted octanol–water partition coefficient (Wildman–Crippen LogP) is 7.00. The lowest BCUT2D eigenvalue weighted by atomic mass is 10.0. The first-order chi connectivity index (χ1) is 29.3. The van der Waals surface area contributed by atoms with Crippen LogP contribution in [0.5, 0.6) is 5.75 Å². The van der Waals surface area contributed by atoms with E-state index in [0.29, 0.717) is 50.5 Å². The first kappa shape index (κ1) is 41.7. The summed E-state index contributed by atoms with van der Waals surface area (Å²) in [6, 6.07) is 18.4. The highest BCUT2D eigenvalue weighted by Gasteiger charge is 2.38. The van der Waals surface area contributed by atoms with Gasteiger partial charge in [0.05, 0.1) is 21.8 Å². The van der Waals surface area contributed by atoms with Gasteiger partial charge in [0.25, 0.3) is 5.91 Å². The van der Waals surface area contributed by atoms with Gasteiger partial charge in [0, 0.05) is 70.2 Å². The van der Waals surface area contributed by atoms with Gasteiger partial charge < -0.3 is 40.1 Å². The molecule has 4 aliphatic rings. The number of esters is 1. The lowest BCUT2D eigenvalue weighted by molar-refractivity contribution is -0.141. The molecule has 8 rings (SSSR count). The number of pyridine rings is 1. The molecule has 0 unspecified atom stereocenters. The molecule has 1 aliphatic carbocycles. The number of nitrogens with two attached hydrogens (primary N) is 1. The van der Waals surface area contributed by atoms with Crippen molar-refractivity contribution < 1.29 is 41.8 Å². The molecule has 0 radical (unpaired) electrons. The molecule has 61 heavy (non-hydrogen) atoms. The molecule has 3 aromatic carbocycles. The third-order valence-electron chi connectivity index (χ3n) is 11.9. The standard InChI is InChI=1S/C44H45ClF3N7O6/c45-35-23-27(22-34(39(35)49)44(46,47)48)24-37(61-43(59)54-15-13-32(14-16-54)55-17-12-29-4-1-2-7-36(29)51-42(55)58)40(56)53-20-18-52(19-21-53)38-11-9-31(26-50-38)41(57)60-33-10-8-28-5-3-6-30(28)25-33/h1-2,4,7-11,22-23,25-26,32,37H,3,5-6,12-21,24,49H2,(H,51,58)/t37-/m1/s1. The van der Waals surface area contributed by atoms with Crippen molar-refractivity contribution in [2.75, 3.05) is 61.8 Å². The normalized spacial score (nSPS) is 17.5. The minimum absolute atomic E-state index is 0.0159. The van der Waals surface area contributed by atoms with Crippen LogP contribution in [0.3, 0.4) is 0 Å². The number of rotatable bonds is 8. The number of likely N-dealkylation sites (tertiary alicyclic amines) is 1. The highest BCUT2D eigenvalue weighted by Crippen LogP contribution is 2.38. The molecular formula is C44H45ClF3N7O6. The number of urea groups is 1. The Morgan fingerprint density at radius 3 is 2.36 bits per heavy atom. The van der Waals surface area contributed by atoms with Gasteiger partial charge in [-0.25, -0.2) is 19.4 Å². The number of hydrogen-bond donors (Lipinski definition) is 2. The first-order valence-electron chi connectivity index (χ1n) is 20.4. The number of para-hydroxylation sites is 1. The molecule has 3 N–H and O–H groups in total. The van der Waals surface area contributed by atoms with Crippen molar-refractivity contribution in [3.05, 3.63) is 111 Å². The molecule has 4 aromatic rings. The van der Waals surface area contributed by atoms with E-state index in [1.165, 1.54) is 33.2 Å². The van der Waals surface area contributed by atoms with E-state index in [9.17, 15) is 32.3 Å². The maximum atomic E-state index is 14.2. The van der Waals surface area contributed by atoms with E-state index in [1.54, 1.807) is 23.1 Å². The Kier molecular flexibility index (Phi) is 12.0. The number of carbonyl (C=O) groups is 4. The smallest absolute Gasteiger partial charge is 0.418 e. The summed E-state index contributed by atoms with van der Waals surface area (Å²) in [5, 5.41) is 2.64. The summed E-state index contributed by atoms with van der Waals surface area (Å²) in [5.74, 6) is -0.0538. The molecule has 4 heterocycles. The molecule has 2 saturated heterocycles. The van der Waals surface area contributed by atoms with Crippen LogP contribution in [-0.4, -0.2) is 102 Å². The first-order valence-corrected chi connectivity index (χ1v) is 20.8. The quantitative estimate of drug-likeness (QED) is 0.109. The number of nitrogen functional groups attached to an aromatic ring is 1. The molecule has 1 atom stereocenters. The number of benzene rings is 3. The second-order valence-corrected chi connectivity index (χ2v) is 16.2. The summed E-state index contributed by atoms with van der Waals surface area (Å²) >= 11 is 6.14. The van der Waals surface area contributed by atoms with Crippen molar-refractivity contribution in [3.63, 3.8) is 0 Å². The van der Waals surface area contributed by atoms with Crippen LogP contribution >= 0.6 is 11.6 Å². The van der Waals surface area contributed by atoms with Crippen LogP contribution in [0.1, 0.15) is 57.4 Å². The van der Waals surface area contributed by atoms with Gasteiger partial charge in [-0.3, -0.25) is 4.79 Å². The summed E-state index contributed by atoms with van der Waals surface area (Å²) < 4.78 is 53.3. The zero-order valence-corrected chi connectivity index (χ0v) is 34.0. The number of carbonyl (C=O) groups excluding carboxylic acids is 4. The van der Waals surface area contributed by atoms with Crippen molar-refractivity contribution >= 4 is 52.8 Å². The van der Waals surface area contributed by atoms with E-state index < -0.39 is 41.5 Å². The van der Waals surface area contributed by atoms with Crippen LogP contribution < -0.4 is 20.7 Å². The minimum atomic E-state index is -4.82. The SMILES string of the molecule is Nc1c(Cl)cc(C[C@@H](OC(=O)N2CCC(N3CCc4ccccc4NC3=O)CC2)C(=O)N2CCN(c3ccc(C(=O)Oc4ccc5c(c4)CCC5)cn3)CC2)cc1C(F)(F)F. The van der Waals surface area contributed by atoms with Gasteiger partial charge in [-0.1, -0.05) is 35.9 Å². The maximum absolute atomic E-state index is 14.2. The Labute approximate surface area is 355 Å². The van der Waals surface area contributed by atoms with Gasteiger partial charge in [0.1, 0.15) is 11.6 Å². The zero-order chi connectivity index (χ0) is 42.8. The van der Waals surface area contributed by atoms with Gasteiger partial charge in [-0.05, 0) is 103 Å². The van der Waals surface area contributed by atoms with Crippen LogP contribution in [0.4, 0.5) is 40.0 Å². The van der Waals surface area contributed by atoms with Crippen molar-refractivity contribution in [1.29, 1.82) is 0 Å². The van der Waals surface area contributed by atoms with E-state index in [0.717, 1.165) is 36.6 Å². The maximum Gasteiger partial charge on any atom is 0.418 e. The lowest BCUT2D eigenvalue weighted by Crippen LogP contribution is -2.54. The van der Waals surface area contributed by atoms with Crippen molar-refractivity contribution in [3.8, 4) is 5.75 Å². The third kappa shape index (κ3) is 9.33. The highest BCUT2D eigenvalue weighted by molar-refractivity contribution is 6.33. The number of aromatic nitrogens is 1. The Hall–Kier alpha value is -6.03. The number of piperazine rings is 1. The summed E-state index contributed by atoms with van der Waals surface area (Å²) in [4.78, 5) is 65.1. The molecule has 3 aliphatic heterocycles. The number of piperidine rings is 1. The monoisotopic (exact) mass is 859 g/mol. The molecular weight excluding hydrogens is 815 g/mol. The highest BCUT2D eigenvalue weighted by atomic mass is 35.5. The van der Waals surface area contributed by atoms with Crippen molar-refractivity contribution in [1.82, 2.24) is 19.7 Å². The van der Waals surface area contributed by atoms with E-state index in [4.69, 9.17) is 26.8 Å². The Morgan fingerprint density at radius 2 is 1.62 bits per heavy atom. The number of nitrogens with one attached hydrogen (secondary N) is 1. The van der Waals surface area contributed by atoms with Gasteiger partial charge >= 0.3 is 24.3 Å². The topological polar surface area (TPSA) is 151 Å². The predicted molar refractivity (Wildman–Crippen MR) is 222 cm³/mol. The zero-order valence-electron chi connectivity index (χ0n) is 33.3. The van der Waals surface area contributed by atoms with Gasteiger partial charge in [0.2, 0.25) is 0 Å². The Bertz CT molecular complexity index is 2310. The number of aryl methyl sites for hydroxylation is 2. The average molecular weight is 860 g/mol. The van der Waals surface area contributed by atoms with Crippen LogP contribution in [0.2, 0.25) is 5.02 Å². The summed E-state index contributed by atoms with van der Waals surface area (Å²) in [7, 11) is 0. The summed E-state index contributed by atoms with van der Waals surface area (Å²) in [5.41, 5.74) is 8.45. The van der Waals surface area contributed by atoms with Gasteiger partial charge in [-0.15, -0.1) is 0 Å². The molecule has 2 fully saturated rings. The largest absolute Gasteiger partial charge is 0.436 e. The molecule has 0 bridgehead atoms. The van der Waals surface area contributed by atoms with Crippen LogP contribution in [-0.2, 0) is 41.4 Å². The number of anilines is 3. The van der Waals surface area contributed by atoms with Crippen LogP contribution in [0, 0.1) is 0 Å². The number of fused-ring (bicyclic) bond motifs is 2. The fourth-order valence-corrected chi connectivity index (χ4v) is 8.79. The molecule has 0 saturated carbocycles. The molecule has 320 valence electrons. The number of hydrogen-bond acceptors (Lipinski definition) is 9. The van der Waals surface area contributed by atoms with E-state index in [2.05, 4.69) is 10.3 Å². The van der Waals surface area contributed by atoms with E-state index >= 15 is 0 Å². The Balaban J connectivity index is 0.909. The lowest BCUT2D eigenvalue weighted by Gasteiger charge is -2.39. The Morgan fingerprint density at radius 1 is 0.869 bits per heavy atom. The second kappa shape index (κ2) is 17.5. The number of ether oxygens (including phenoxy) is 2. The fraction of sp³-hybridized carbons (Fsp3) is 0.386. The number of halogens is 4. The molecule has 4 amide bonds. The molecule has 17 heteroatoms. The number of alkyl halides is 3.